The fraction of sp³-hybridized carbons (Fsp3) is 0.440. The Morgan fingerprint density at radius 3 is 2.45 bits per heavy atom. The molecule has 0 bridgehead atoms. The normalized spacial score (nSPS) is 17.2. The molecule has 0 spiro atoms. The van der Waals surface area contributed by atoms with Gasteiger partial charge in [0.25, 0.3) is 5.91 Å². The summed E-state index contributed by atoms with van der Waals surface area (Å²) in [4.78, 5) is 29.0. The molecular weight excluding hydrogens is 390 g/mol. The number of ether oxygens (including phenoxy) is 1. The maximum Gasteiger partial charge on any atom is 0.251 e. The summed E-state index contributed by atoms with van der Waals surface area (Å²) in [5.74, 6) is 0.808. The number of likely N-dealkylation sites (tertiary alicyclic amines) is 1. The van der Waals surface area contributed by atoms with Crippen LogP contribution in [0.2, 0.25) is 0 Å². The molecule has 164 valence electrons. The highest BCUT2D eigenvalue weighted by atomic mass is 16.5. The number of fused-ring (bicyclic) bond motifs is 1. The lowest BCUT2D eigenvalue weighted by atomic mass is 10.0. The molecule has 2 aliphatic rings. The molecule has 0 saturated carbocycles. The second-order valence-electron chi connectivity index (χ2n) is 8.36. The highest BCUT2D eigenvalue weighted by Crippen LogP contribution is 2.29. The van der Waals surface area contributed by atoms with Gasteiger partial charge in [-0.15, -0.1) is 0 Å². The average Bonchev–Trinajstić information content (AvgIpc) is 3.24. The first kappa shape index (κ1) is 21.4. The topological polar surface area (TPSA) is 61.9 Å². The van der Waals surface area contributed by atoms with Crippen LogP contribution in [0.3, 0.4) is 0 Å². The van der Waals surface area contributed by atoms with E-state index in [0.29, 0.717) is 18.7 Å². The molecule has 31 heavy (non-hydrogen) atoms. The minimum atomic E-state index is -0.0698. The molecule has 0 aliphatic carbocycles. The van der Waals surface area contributed by atoms with Crippen molar-refractivity contribution in [3.05, 3.63) is 59.2 Å². The zero-order valence-electron chi connectivity index (χ0n) is 18.4. The van der Waals surface area contributed by atoms with Crippen molar-refractivity contribution in [1.29, 1.82) is 0 Å². The van der Waals surface area contributed by atoms with Gasteiger partial charge in [-0.1, -0.05) is 18.6 Å². The first-order valence-electron chi connectivity index (χ1n) is 11.1. The van der Waals surface area contributed by atoms with Gasteiger partial charge in [-0.3, -0.25) is 14.5 Å². The Balaban J connectivity index is 1.47. The molecule has 2 aromatic carbocycles. The fourth-order valence-corrected chi connectivity index (χ4v) is 4.68. The number of benzene rings is 2. The van der Waals surface area contributed by atoms with Gasteiger partial charge in [0.1, 0.15) is 5.75 Å². The van der Waals surface area contributed by atoms with Crippen LogP contribution in [-0.2, 0) is 11.2 Å². The van der Waals surface area contributed by atoms with Gasteiger partial charge in [0.2, 0.25) is 5.91 Å². The number of nitrogens with zero attached hydrogens (tertiary/aromatic N) is 2. The lowest BCUT2D eigenvalue weighted by Crippen LogP contribution is -2.40. The van der Waals surface area contributed by atoms with Crippen LogP contribution >= 0.6 is 0 Å². The molecule has 2 aromatic rings. The third-order valence-electron chi connectivity index (χ3n) is 6.41. The molecular formula is C25H31N3O3. The van der Waals surface area contributed by atoms with E-state index in [1.54, 1.807) is 18.9 Å². The van der Waals surface area contributed by atoms with Gasteiger partial charge in [-0.2, -0.15) is 0 Å². The van der Waals surface area contributed by atoms with E-state index in [1.807, 2.05) is 30.3 Å². The smallest absolute Gasteiger partial charge is 0.251 e. The van der Waals surface area contributed by atoms with Crippen molar-refractivity contribution in [2.45, 2.75) is 38.6 Å². The van der Waals surface area contributed by atoms with Crippen LogP contribution in [0, 0.1) is 0 Å². The number of piperidine rings is 1. The van der Waals surface area contributed by atoms with Gasteiger partial charge in [-0.05, 0) is 73.8 Å². The molecule has 1 N–H and O–H groups in total. The summed E-state index contributed by atoms with van der Waals surface area (Å²) in [5.41, 5.74) is 3.82. The Labute approximate surface area is 184 Å². The summed E-state index contributed by atoms with van der Waals surface area (Å²) in [5, 5.41) is 3.16. The zero-order chi connectivity index (χ0) is 21.8. The van der Waals surface area contributed by atoms with E-state index < -0.39 is 0 Å². The number of anilines is 1. The van der Waals surface area contributed by atoms with E-state index in [1.165, 1.54) is 24.8 Å². The number of hydrogen-bond donors (Lipinski definition) is 1. The van der Waals surface area contributed by atoms with Gasteiger partial charge in [0, 0.05) is 31.3 Å². The number of methoxy groups -OCH3 is 1. The van der Waals surface area contributed by atoms with Crippen LogP contribution in [0.5, 0.6) is 5.75 Å². The van der Waals surface area contributed by atoms with Crippen molar-refractivity contribution in [3.8, 4) is 5.75 Å². The van der Waals surface area contributed by atoms with Gasteiger partial charge in [0.05, 0.1) is 13.2 Å². The molecule has 6 nitrogen and oxygen atoms in total. The van der Waals surface area contributed by atoms with Crippen molar-refractivity contribution in [2.24, 2.45) is 0 Å². The summed E-state index contributed by atoms with van der Waals surface area (Å²) in [6.07, 6.45) is 4.44. The Bertz CT molecular complexity index is 936. The quantitative estimate of drug-likeness (QED) is 0.775. The summed E-state index contributed by atoms with van der Waals surface area (Å²) < 4.78 is 5.30. The summed E-state index contributed by atoms with van der Waals surface area (Å²) in [6.45, 7) is 4.92. The number of hydrogen-bond acceptors (Lipinski definition) is 4. The van der Waals surface area contributed by atoms with Crippen molar-refractivity contribution >= 4 is 17.5 Å². The summed E-state index contributed by atoms with van der Waals surface area (Å²) >= 11 is 0. The van der Waals surface area contributed by atoms with Crippen LogP contribution in [0.15, 0.2) is 42.5 Å². The SMILES string of the molecule is COc1ccc([C@@H](CNC(=O)c2ccc3c(c2)CCN3C(C)=O)N2CCCCC2)cc1. The lowest BCUT2D eigenvalue weighted by Gasteiger charge is -2.35. The average molecular weight is 422 g/mol. The minimum absolute atomic E-state index is 0.0415. The number of nitrogens with one attached hydrogen (secondary N) is 1. The van der Waals surface area contributed by atoms with Crippen molar-refractivity contribution in [2.75, 3.05) is 38.2 Å². The summed E-state index contributed by atoms with van der Waals surface area (Å²) in [7, 11) is 1.67. The standard InChI is InChI=1S/C25H31N3O3/c1-18(29)28-15-12-20-16-21(8-11-23(20)28)25(30)26-17-24(27-13-4-3-5-14-27)19-6-9-22(31-2)10-7-19/h6-11,16,24H,3-5,12-15,17H2,1-2H3,(H,26,30)/t24-/m1/s1. The molecule has 2 amide bonds. The molecule has 1 saturated heterocycles. The molecule has 2 heterocycles. The first-order valence-corrected chi connectivity index (χ1v) is 11.1. The van der Waals surface area contributed by atoms with Crippen LogP contribution in [0.4, 0.5) is 5.69 Å². The van der Waals surface area contributed by atoms with Crippen LogP contribution in [0.1, 0.15) is 53.7 Å². The molecule has 0 radical (unpaired) electrons. The number of carbonyl (C=O) groups is 2. The van der Waals surface area contributed by atoms with E-state index in [9.17, 15) is 9.59 Å². The second-order valence-corrected chi connectivity index (χ2v) is 8.36. The van der Waals surface area contributed by atoms with E-state index in [-0.39, 0.29) is 17.9 Å². The third kappa shape index (κ3) is 4.74. The maximum absolute atomic E-state index is 12.9. The number of amides is 2. The molecule has 0 unspecified atom stereocenters. The summed E-state index contributed by atoms with van der Waals surface area (Å²) in [6, 6.07) is 13.9. The number of rotatable bonds is 6. The Kier molecular flexibility index (Phi) is 6.56. The highest BCUT2D eigenvalue weighted by Gasteiger charge is 2.25. The van der Waals surface area contributed by atoms with Crippen molar-refractivity contribution < 1.29 is 14.3 Å². The van der Waals surface area contributed by atoms with Crippen LogP contribution in [-0.4, -0.2) is 50.0 Å². The third-order valence-corrected chi connectivity index (χ3v) is 6.41. The first-order chi connectivity index (χ1) is 15.1. The molecule has 2 aliphatic heterocycles. The molecule has 4 rings (SSSR count). The van der Waals surface area contributed by atoms with Crippen LogP contribution in [0.25, 0.3) is 0 Å². The molecule has 0 aromatic heterocycles. The van der Waals surface area contributed by atoms with Gasteiger partial charge in [0.15, 0.2) is 0 Å². The largest absolute Gasteiger partial charge is 0.497 e. The van der Waals surface area contributed by atoms with Gasteiger partial charge in [-0.25, -0.2) is 0 Å². The minimum Gasteiger partial charge on any atom is -0.497 e. The van der Waals surface area contributed by atoms with Crippen molar-refractivity contribution in [3.63, 3.8) is 0 Å². The Morgan fingerprint density at radius 1 is 1.03 bits per heavy atom. The van der Waals surface area contributed by atoms with Crippen molar-refractivity contribution in [1.82, 2.24) is 10.2 Å². The fourth-order valence-electron chi connectivity index (χ4n) is 4.68. The van der Waals surface area contributed by atoms with E-state index in [4.69, 9.17) is 4.74 Å². The molecule has 1 atom stereocenters. The predicted octanol–water partition coefficient (Wildman–Crippen LogP) is 3.56. The lowest BCUT2D eigenvalue weighted by molar-refractivity contribution is -0.116. The van der Waals surface area contributed by atoms with Gasteiger partial charge >= 0.3 is 0 Å². The van der Waals surface area contributed by atoms with E-state index >= 15 is 0 Å². The Hall–Kier alpha value is -2.86. The maximum atomic E-state index is 12.9. The Morgan fingerprint density at radius 2 is 1.77 bits per heavy atom. The van der Waals surface area contributed by atoms with E-state index in [2.05, 4.69) is 22.3 Å². The molecule has 6 heteroatoms. The predicted molar refractivity (Wildman–Crippen MR) is 122 cm³/mol. The molecule has 1 fully saturated rings. The highest BCUT2D eigenvalue weighted by molar-refractivity contribution is 5.97. The van der Waals surface area contributed by atoms with Crippen LogP contribution < -0.4 is 15.0 Å². The second kappa shape index (κ2) is 9.52. The van der Waals surface area contributed by atoms with Gasteiger partial charge < -0.3 is 15.0 Å². The number of carbonyl (C=O) groups excluding carboxylic acids is 2. The zero-order valence-corrected chi connectivity index (χ0v) is 18.4. The van der Waals surface area contributed by atoms with E-state index in [0.717, 1.165) is 36.5 Å². The monoisotopic (exact) mass is 421 g/mol.